The Morgan fingerprint density at radius 3 is 2.44 bits per heavy atom. The predicted molar refractivity (Wildman–Crippen MR) is 137 cm³/mol. The number of aryl methyl sites for hydroxylation is 1. The Morgan fingerprint density at radius 1 is 1.00 bits per heavy atom. The Bertz CT molecular complexity index is 1330. The second kappa shape index (κ2) is 11.6. The van der Waals surface area contributed by atoms with Gasteiger partial charge in [-0.15, -0.1) is 10.2 Å². The number of carbonyl (C=O) groups is 1. The number of anilines is 1. The molecule has 4 rings (SSSR count). The van der Waals surface area contributed by atoms with Crippen LogP contribution in [0.2, 0.25) is 0 Å². The van der Waals surface area contributed by atoms with Gasteiger partial charge in [-0.2, -0.15) is 0 Å². The number of halogens is 1. The number of aromatic nitrogens is 3. The first-order valence-electron chi connectivity index (χ1n) is 11.1. The van der Waals surface area contributed by atoms with Crippen LogP contribution in [0.5, 0.6) is 11.5 Å². The Kier molecular flexibility index (Phi) is 8.06. The van der Waals surface area contributed by atoms with Crippen molar-refractivity contribution in [3.8, 4) is 17.2 Å². The number of hydrogen-bond acceptors (Lipinski definition) is 6. The van der Waals surface area contributed by atoms with Crippen LogP contribution >= 0.6 is 11.8 Å². The summed E-state index contributed by atoms with van der Waals surface area (Å²) >= 11 is 1.48. The Hall–Kier alpha value is -4.05. The minimum absolute atomic E-state index is 0.141. The van der Waals surface area contributed by atoms with Crippen LogP contribution in [0.4, 0.5) is 14.9 Å². The molecule has 0 aliphatic rings. The second-order valence-electron chi connectivity index (χ2n) is 7.86. The summed E-state index contributed by atoms with van der Waals surface area (Å²) in [5.74, 6) is 1.99. The Balaban J connectivity index is 1.50. The van der Waals surface area contributed by atoms with Crippen molar-refractivity contribution in [1.29, 1.82) is 0 Å². The molecule has 1 aromatic heterocycles. The lowest BCUT2D eigenvalue weighted by atomic mass is 10.2. The summed E-state index contributed by atoms with van der Waals surface area (Å²) in [6.07, 6.45) is 0. The zero-order chi connectivity index (χ0) is 25.5. The summed E-state index contributed by atoms with van der Waals surface area (Å²) in [4.78, 5) is 12.6. The molecule has 1 heterocycles. The number of nitrogens with one attached hydrogen (secondary N) is 2. The topological polar surface area (TPSA) is 90.3 Å². The second-order valence-corrected chi connectivity index (χ2v) is 8.80. The van der Waals surface area contributed by atoms with E-state index >= 15 is 0 Å². The predicted octanol–water partition coefficient (Wildman–Crippen LogP) is 5.35. The molecule has 2 N–H and O–H groups in total. The number of amides is 2. The number of carbonyl (C=O) groups excluding carboxylic acids is 1. The fourth-order valence-corrected chi connectivity index (χ4v) is 4.34. The number of methoxy groups -OCH3 is 2. The molecule has 0 bridgehead atoms. The van der Waals surface area contributed by atoms with E-state index in [2.05, 4.69) is 20.8 Å². The maximum Gasteiger partial charge on any atom is 0.319 e. The highest BCUT2D eigenvalue weighted by atomic mass is 32.2. The zero-order valence-corrected chi connectivity index (χ0v) is 20.9. The van der Waals surface area contributed by atoms with Crippen molar-refractivity contribution < 1.29 is 18.7 Å². The monoisotopic (exact) mass is 507 g/mol. The van der Waals surface area contributed by atoms with Gasteiger partial charge in [0, 0.05) is 17.5 Å². The summed E-state index contributed by atoms with van der Waals surface area (Å²) < 4.78 is 25.7. The first kappa shape index (κ1) is 25.1. The molecule has 186 valence electrons. The summed E-state index contributed by atoms with van der Waals surface area (Å²) in [5.41, 5.74) is 3.47. The first-order chi connectivity index (χ1) is 17.5. The number of rotatable bonds is 9. The standard InChI is InChI=1S/C26H26FN5O3S/c1-17-4-10-20(11-5-17)32-24(30-31-26(32)36-16-18-6-8-19(27)9-7-18)15-28-25(33)29-22-13-12-21(34-2)14-23(22)35-3/h4-14H,15-16H2,1-3H3,(H2,28,29,33). The molecule has 0 fully saturated rings. The molecule has 3 aromatic carbocycles. The largest absolute Gasteiger partial charge is 0.497 e. The minimum atomic E-state index is -0.419. The van der Waals surface area contributed by atoms with Crippen molar-refractivity contribution in [2.75, 3.05) is 19.5 Å². The highest BCUT2D eigenvalue weighted by Gasteiger charge is 2.16. The van der Waals surface area contributed by atoms with E-state index in [9.17, 15) is 9.18 Å². The molecule has 0 unspecified atom stereocenters. The fourth-order valence-electron chi connectivity index (χ4n) is 3.42. The van der Waals surface area contributed by atoms with Crippen LogP contribution in [0.3, 0.4) is 0 Å². The van der Waals surface area contributed by atoms with Crippen molar-refractivity contribution >= 4 is 23.5 Å². The summed E-state index contributed by atoms with van der Waals surface area (Å²) in [7, 11) is 3.08. The van der Waals surface area contributed by atoms with Crippen LogP contribution in [0, 0.1) is 12.7 Å². The van der Waals surface area contributed by atoms with Crippen molar-refractivity contribution in [3.05, 3.63) is 89.5 Å². The number of benzene rings is 3. The van der Waals surface area contributed by atoms with Gasteiger partial charge in [-0.25, -0.2) is 9.18 Å². The van der Waals surface area contributed by atoms with Crippen molar-refractivity contribution in [2.45, 2.75) is 24.4 Å². The van der Waals surface area contributed by atoms with Gasteiger partial charge in [0.05, 0.1) is 26.5 Å². The lowest BCUT2D eigenvalue weighted by molar-refractivity contribution is 0.251. The third kappa shape index (κ3) is 6.14. The third-order valence-corrected chi connectivity index (χ3v) is 6.34. The Morgan fingerprint density at radius 2 is 1.75 bits per heavy atom. The number of nitrogens with zero attached hydrogens (tertiary/aromatic N) is 3. The van der Waals surface area contributed by atoms with Gasteiger partial charge in [-0.3, -0.25) is 4.57 Å². The third-order valence-electron chi connectivity index (χ3n) is 5.34. The van der Waals surface area contributed by atoms with E-state index in [1.807, 2.05) is 35.8 Å². The quantitative estimate of drug-likeness (QED) is 0.297. The van der Waals surface area contributed by atoms with E-state index in [4.69, 9.17) is 9.47 Å². The van der Waals surface area contributed by atoms with Gasteiger partial charge in [-0.05, 0) is 48.9 Å². The lowest BCUT2D eigenvalue weighted by Gasteiger charge is -2.13. The van der Waals surface area contributed by atoms with Crippen LogP contribution in [0.15, 0.2) is 71.9 Å². The fraction of sp³-hybridized carbons (Fsp3) is 0.192. The number of urea groups is 1. The van der Waals surface area contributed by atoms with E-state index in [1.165, 1.54) is 31.0 Å². The van der Waals surface area contributed by atoms with Crippen molar-refractivity contribution in [2.24, 2.45) is 0 Å². The molecule has 0 aliphatic carbocycles. The number of hydrogen-bond donors (Lipinski definition) is 2. The average molecular weight is 508 g/mol. The van der Waals surface area contributed by atoms with Crippen LogP contribution in [-0.2, 0) is 12.3 Å². The highest BCUT2D eigenvalue weighted by Crippen LogP contribution is 2.29. The normalized spacial score (nSPS) is 10.7. The molecule has 0 spiro atoms. The summed E-state index contributed by atoms with van der Waals surface area (Å²) in [6, 6.07) is 19.0. The number of ether oxygens (including phenoxy) is 2. The van der Waals surface area contributed by atoms with Crippen molar-refractivity contribution in [3.63, 3.8) is 0 Å². The smallest absolute Gasteiger partial charge is 0.319 e. The molecule has 0 saturated carbocycles. The molecule has 4 aromatic rings. The molecule has 0 saturated heterocycles. The van der Waals surface area contributed by atoms with Crippen molar-refractivity contribution in [1.82, 2.24) is 20.1 Å². The van der Waals surface area contributed by atoms with Crippen LogP contribution < -0.4 is 20.1 Å². The molecule has 36 heavy (non-hydrogen) atoms. The molecule has 0 aliphatic heterocycles. The van der Waals surface area contributed by atoms with Gasteiger partial charge < -0.3 is 20.1 Å². The summed E-state index contributed by atoms with van der Waals surface area (Å²) in [6.45, 7) is 2.16. The molecule has 0 radical (unpaired) electrons. The van der Waals surface area contributed by atoms with Gasteiger partial charge in [0.1, 0.15) is 17.3 Å². The zero-order valence-electron chi connectivity index (χ0n) is 20.1. The first-order valence-corrected chi connectivity index (χ1v) is 12.1. The average Bonchev–Trinajstić information content (AvgIpc) is 3.30. The Labute approximate surface area is 212 Å². The van der Waals surface area contributed by atoms with E-state index < -0.39 is 6.03 Å². The van der Waals surface area contributed by atoms with Crippen LogP contribution in [0.1, 0.15) is 17.0 Å². The maximum atomic E-state index is 13.2. The molecule has 2 amide bonds. The van der Waals surface area contributed by atoms with Crippen LogP contribution in [0.25, 0.3) is 5.69 Å². The SMILES string of the molecule is COc1ccc(NC(=O)NCc2nnc(SCc3ccc(F)cc3)n2-c2ccc(C)cc2)c(OC)c1. The van der Waals surface area contributed by atoms with Gasteiger partial charge in [0.15, 0.2) is 11.0 Å². The lowest BCUT2D eigenvalue weighted by Crippen LogP contribution is -2.29. The van der Waals surface area contributed by atoms with E-state index in [0.717, 1.165) is 16.8 Å². The van der Waals surface area contributed by atoms with E-state index in [1.54, 1.807) is 37.4 Å². The minimum Gasteiger partial charge on any atom is -0.497 e. The highest BCUT2D eigenvalue weighted by molar-refractivity contribution is 7.98. The van der Waals surface area contributed by atoms with E-state index in [0.29, 0.717) is 33.9 Å². The number of thioether (sulfide) groups is 1. The maximum absolute atomic E-state index is 13.2. The van der Waals surface area contributed by atoms with Gasteiger partial charge >= 0.3 is 6.03 Å². The molecular weight excluding hydrogens is 481 g/mol. The van der Waals surface area contributed by atoms with Crippen LogP contribution in [-0.4, -0.2) is 35.0 Å². The van der Waals surface area contributed by atoms with Gasteiger partial charge in [0.25, 0.3) is 0 Å². The van der Waals surface area contributed by atoms with E-state index in [-0.39, 0.29) is 12.4 Å². The molecule has 0 atom stereocenters. The summed E-state index contributed by atoms with van der Waals surface area (Å²) in [5, 5.41) is 15.0. The molecular formula is C26H26FN5O3S. The van der Waals surface area contributed by atoms with Gasteiger partial charge in [0.2, 0.25) is 0 Å². The van der Waals surface area contributed by atoms with Gasteiger partial charge in [-0.1, -0.05) is 41.6 Å². The molecule has 10 heteroatoms. The molecule has 8 nitrogen and oxygen atoms in total.